The second kappa shape index (κ2) is 5.93. The third-order valence-corrected chi connectivity index (χ3v) is 4.38. The highest BCUT2D eigenvalue weighted by atomic mass is 35.5. The van der Waals surface area contributed by atoms with E-state index in [1.54, 1.807) is 10.7 Å². The Morgan fingerprint density at radius 3 is 2.88 bits per heavy atom. The minimum atomic E-state index is 0.250. The minimum Gasteiger partial charge on any atom is -0.454 e. The summed E-state index contributed by atoms with van der Waals surface area (Å²) in [4.78, 5) is 4.70. The van der Waals surface area contributed by atoms with Gasteiger partial charge in [-0.05, 0) is 42.0 Å². The highest BCUT2D eigenvalue weighted by Crippen LogP contribution is 2.36. The average molecular weight is 365 g/mol. The summed E-state index contributed by atoms with van der Waals surface area (Å²) in [7, 11) is 0. The molecule has 0 radical (unpaired) electrons. The van der Waals surface area contributed by atoms with Gasteiger partial charge in [-0.15, -0.1) is 0 Å². The highest BCUT2D eigenvalue weighted by molar-refractivity contribution is 6.30. The van der Waals surface area contributed by atoms with Crippen LogP contribution in [-0.2, 0) is 0 Å². The summed E-state index contributed by atoms with van der Waals surface area (Å²) in [5.74, 6) is 2.19. The Bertz CT molecular complexity index is 1130. The molecule has 6 nitrogen and oxygen atoms in total. The first-order chi connectivity index (χ1) is 12.8. The van der Waals surface area contributed by atoms with Gasteiger partial charge in [-0.3, -0.25) is 0 Å². The second-order valence-electron chi connectivity index (χ2n) is 5.84. The van der Waals surface area contributed by atoms with E-state index in [-0.39, 0.29) is 6.79 Å². The van der Waals surface area contributed by atoms with Crippen LogP contribution in [0.5, 0.6) is 11.5 Å². The van der Waals surface area contributed by atoms with E-state index in [1.807, 2.05) is 54.7 Å². The summed E-state index contributed by atoms with van der Waals surface area (Å²) in [5, 5.41) is 8.32. The maximum Gasteiger partial charge on any atom is 0.231 e. The number of fused-ring (bicyclic) bond motifs is 2. The number of halogens is 1. The third-order valence-electron chi connectivity index (χ3n) is 4.15. The third kappa shape index (κ3) is 2.60. The summed E-state index contributed by atoms with van der Waals surface area (Å²) >= 11 is 6.04. The monoisotopic (exact) mass is 364 g/mol. The predicted octanol–water partition coefficient (Wildman–Crippen LogP) is 4.52. The van der Waals surface area contributed by atoms with Crippen molar-refractivity contribution in [3.8, 4) is 22.6 Å². The van der Waals surface area contributed by atoms with E-state index in [4.69, 9.17) is 26.1 Å². The molecule has 3 heterocycles. The summed E-state index contributed by atoms with van der Waals surface area (Å²) in [6.45, 7) is 0.250. The van der Waals surface area contributed by atoms with Gasteiger partial charge in [-0.2, -0.15) is 5.10 Å². The number of ether oxygens (including phenoxy) is 2. The fourth-order valence-corrected chi connectivity index (χ4v) is 3.11. The summed E-state index contributed by atoms with van der Waals surface area (Å²) < 4.78 is 12.6. The molecule has 5 rings (SSSR count). The van der Waals surface area contributed by atoms with Crippen LogP contribution in [-0.4, -0.2) is 21.4 Å². The molecule has 1 aliphatic rings. The van der Waals surface area contributed by atoms with Crippen LogP contribution in [0.1, 0.15) is 0 Å². The molecular formula is C19H13ClN4O2. The topological polar surface area (TPSA) is 60.7 Å². The van der Waals surface area contributed by atoms with Crippen LogP contribution >= 0.6 is 11.6 Å². The fraction of sp³-hybridized carbons (Fsp3) is 0.0526. The Balaban J connectivity index is 1.55. The largest absolute Gasteiger partial charge is 0.454 e. The maximum absolute atomic E-state index is 6.04. The molecule has 26 heavy (non-hydrogen) atoms. The van der Waals surface area contributed by atoms with Crippen LogP contribution in [0.3, 0.4) is 0 Å². The van der Waals surface area contributed by atoms with Gasteiger partial charge in [0.1, 0.15) is 5.82 Å². The zero-order chi connectivity index (χ0) is 17.5. The fourth-order valence-electron chi connectivity index (χ4n) is 2.92. The van der Waals surface area contributed by atoms with E-state index in [0.717, 1.165) is 34.0 Å². The van der Waals surface area contributed by atoms with Crippen molar-refractivity contribution in [2.24, 2.45) is 0 Å². The maximum atomic E-state index is 6.04. The molecule has 1 aliphatic heterocycles. The van der Waals surface area contributed by atoms with E-state index in [0.29, 0.717) is 10.8 Å². The molecule has 0 aliphatic carbocycles. The number of nitrogens with zero attached hydrogens (tertiary/aromatic N) is 3. The lowest BCUT2D eigenvalue weighted by Crippen LogP contribution is -1.97. The quantitative estimate of drug-likeness (QED) is 0.579. The predicted molar refractivity (Wildman–Crippen MR) is 99.3 cm³/mol. The highest BCUT2D eigenvalue weighted by Gasteiger charge is 2.16. The summed E-state index contributed by atoms with van der Waals surface area (Å²) in [6.07, 6.45) is 3.66. The lowest BCUT2D eigenvalue weighted by atomic mass is 10.1. The first-order valence-electron chi connectivity index (χ1n) is 8.03. The van der Waals surface area contributed by atoms with Crippen molar-refractivity contribution < 1.29 is 9.47 Å². The summed E-state index contributed by atoms with van der Waals surface area (Å²) in [5.41, 5.74) is 3.50. The molecule has 2 aromatic carbocycles. The van der Waals surface area contributed by atoms with Crippen molar-refractivity contribution in [2.75, 3.05) is 12.1 Å². The van der Waals surface area contributed by atoms with Gasteiger partial charge in [0, 0.05) is 22.5 Å². The molecule has 0 amide bonds. The molecule has 2 aromatic heterocycles. The molecule has 0 atom stereocenters. The Hall–Kier alpha value is -3.25. The van der Waals surface area contributed by atoms with Gasteiger partial charge in [0.2, 0.25) is 6.79 Å². The van der Waals surface area contributed by atoms with Gasteiger partial charge in [-0.1, -0.05) is 23.7 Å². The SMILES string of the molecule is Clc1cccc(Nc2ccn3ncc(-c4ccc5c(c4)OCO5)c3n2)c1. The Kier molecular flexibility index (Phi) is 3.43. The van der Waals surface area contributed by atoms with Crippen molar-refractivity contribution in [1.29, 1.82) is 0 Å². The Labute approximate surface area is 154 Å². The van der Waals surface area contributed by atoms with E-state index >= 15 is 0 Å². The molecule has 0 unspecified atom stereocenters. The van der Waals surface area contributed by atoms with Crippen molar-refractivity contribution in [1.82, 2.24) is 14.6 Å². The molecule has 4 aromatic rings. The minimum absolute atomic E-state index is 0.250. The molecule has 0 saturated carbocycles. The molecule has 0 spiro atoms. The number of nitrogens with one attached hydrogen (secondary N) is 1. The van der Waals surface area contributed by atoms with E-state index in [9.17, 15) is 0 Å². The van der Waals surface area contributed by atoms with Crippen LogP contribution in [0.4, 0.5) is 11.5 Å². The number of hydrogen-bond donors (Lipinski definition) is 1. The molecule has 0 saturated heterocycles. The number of rotatable bonds is 3. The van der Waals surface area contributed by atoms with Gasteiger partial charge in [0.05, 0.1) is 6.20 Å². The number of anilines is 2. The Morgan fingerprint density at radius 1 is 1.04 bits per heavy atom. The zero-order valence-electron chi connectivity index (χ0n) is 13.5. The Morgan fingerprint density at radius 2 is 1.96 bits per heavy atom. The average Bonchev–Trinajstić information content (AvgIpc) is 3.27. The molecule has 0 fully saturated rings. The number of benzene rings is 2. The second-order valence-corrected chi connectivity index (χ2v) is 6.28. The molecule has 128 valence electrons. The smallest absolute Gasteiger partial charge is 0.231 e. The molecular weight excluding hydrogens is 352 g/mol. The van der Waals surface area contributed by atoms with E-state index in [2.05, 4.69) is 10.4 Å². The number of aromatic nitrogens is 3. The van der Waals surface area contributed by atoms with E-state index in [1.165, 1.54) is 0 Å². The van der Waals surface area contributed by atoms with Crippen LogP contribution in [0, 0.1) is 0 Å². The van der Waals surface area contributed by atoms with Gasteiger partial charge in [0.25, 0.3) is 0 Å². The van der Waals surface area contributed by atoms with E-state index < -0.39 is 0 Å². The molecule has 1 N–H and O–H groups in total. The lowest BCUT2D eigenvalue weighted by molar-refractivity contribution is 0.174. The van der Waals surface area contributed by atoms with Crippen LogP contribution in [0.15, 0.2) is 60.9 Å². The van der Waals surface area contributed by atoms with Gasteiger partial charge >= 0.3 is 0 Å². The molecule has 0 bridgehead atoms. The first-order valence-corrected chi connectivity index (χ1v) is 8.41. The molecule has 7 heteroatoms. The van der Waals surface area contributed by atoms with Crippen molar-refractivity contribution >= 4 is 28.8 Å². The van der Waals surface area contributed by atoms with Gasteiger partial charge in [-0.25, -0.2) is 9.50 Å². The zero-order valence-corrected chi connectivity index (χ0v) is 14.3. The van der Waals surface area contributed by atoms with Crippen LogP contribution in [0.25, 0.3) is 16.8 Å². The standard InChI is InChI=1S/C19H13ClN4O2/c20-13-2-1-3-14(9-13)22-18-6-7-24-19(23-18)15(10-21-24)12-4-5-16-17(8-12)26-11-25-16/h1-10H,11H2,(H,22,23). The van der Waals surface area contributed by atoms with Crippen molar-refractivity contribution in [3.63, 3.8) is 0 Å². The first kappa shape index (κ1) is 15.0. The van der Waals surface area contributed by atoms with Crippen LogP contribution < -0.4 is 14.8 Å². The van der Waals surface area contributed by atoms with Crippen molar-refractivity contribution in [3.05, 3.63) is 65.9 Å². The van der Waals surface area contributed by atoms with Gasteiger partial charge < -0.3 is 14.8 Å². The van der Waals surface area contributed by atoms with Gasteiger partial charge in [0.15, 0.2) is 17.1 Å². The van der Waals surface area contributed by atoms with Crippen molar-refractivity contribution in [2.45, 2.75) is 0 Å². The van der Waals surface area contributed by atoms with Crippen LogP contribution in [0.2, 0.25) is 5.02 Å². The lowest BCUT2D eigenvalue weighted by Gasteiger charge is -2.07. The normalized spacial score (nSPS) is 12.5. The summed E-state index contributed by atoms with van der Waals surface area (Å²) in [6, 6.07) is 15.2. The number of hydrogen-bond acceptors (Lipinski definition) is 5.